The van der Waals surface area contributed by atoms with Gasteiger partial charge in [-0.25, -0.2) is 27.2 Å². The highest BCUT2D eigenvalue weighted by Crippen LogP contribution is 2.35. The average molecular weight is 440 g/mol. The van der Waals surface area contributed by atoms with Gasteiger partial charge in [0.2, 0.25) is 0 Å². The molecule has 0 N–H and O–H groups in total. The van der Waals surface area contributed by atoms with Gasteiger partial charge in [-0.3, -0.25) is 0 Å². The molecule has 160 valence electrons. The van der Waals surface area contributed by atoms with Crippen LogP contribution in [0.3, 0.4) is 0 Å². The summed E-state index contributed by atoms with van der Waals surface area (Å²) in [6.45, 7) is 0. The van der Waals surface area contributed by atoms with E-state index in [0.29, 0.717) is 17.5 Å². The molecular formula is C24H12F4O4. The zero-order valence-electron chi connectivity index (χ0n) is 16.1. The van der Waals surface area contributed by atoms with Crippen molar-refractivity contribution >= 4 is 22.7 Å². The molecule has 0 amide bonds. The zero-order chi connectivity index (χ0) is 22.8. The van der Waals surface area contributed by atoms with E-state index in [1.165, 1.54) is 12.1 Å². The Bertz CT molecular complexity index is 1270. The van der Waals surface area contributed by atoms with E-state index in [0.717, 1.165) is 24.3 Å². The molecule has 4 aromatic carbocycles. The number of hydrogen-bond donors (Lipinski definition) is 0. The number of ether oxygens (including phenoxy) is 2. The number of benzene rings is 4. The average Bonchev–Trinajstić information content (AvgIpc) is 2.77. The van der Waals surface area contributed by atoms with Crippen molar-refractivity contribution in [3.8, 4) is 11.5 Å². The van der Waals surface area contributed by atoms with Crippen LogP contribution in [-0.4, -0.2) is 11.9 Å². The number of rotatable bonds is 4. The maximum absolute atomic E-state index is 13.5. The lowest BCUT2D eigenvalue weighted by atomic mass is 10.1. The minimum atomic E-state index is -1.21. The van der Waals surface area contributed by atoms with Crippen LogP contribution in [0, 0.1) is 23.3 Å². The van der Waals surface area contributed by atoms with Crippen LogP contribution >= 0.6 is 0 Å². The second-order valence-corrected chi connectivity index (χ2v) is 6.65. The third kappa shape index (κ3) is 4.15. The van der Waals surface area contributed by atoms with Gasteiger partial charge in [0.25, 0.3) is 0 Å². The molecule has 32 heavy (non-hydrogen) atoms. The molecule has 0 aliphatic carbocycles. The summed E-state index contributed by atoms with van der Waals surface area (Å²) >= 11 is 0. The SMILES string of the molecule is O=C(Oc1cccc2cccc(OC(=O)c3ccc(F)c(F)c3)c12)c1ccc(F)c(F)c1. The third-order valence-electron chi connectivity index (χ3n) is 4.54. The van der Waals surface area contributed by atoms with E-state index in [4.69, 9.17) is 9.47 Å². The Morgan fingerprint density at radius 2 is 1.00 bits per heavy atom. The van der Waals surface area contributed by atoms with E-state index in [9.17, 15) is 27.2 Å². The van der Waals surface area contributed by atoms with Crippen LogP contribution in [0.5, 0.6) is 11.5 Å². The molecule has 0 spiro atoms. The summed E-state index contributed by atoms with van der Waals surface area (Å²) in [4.78, 5) is 24.9. The smallest absolute Gasteiger partial charge is 0.343 e. The van der Waals surface area contributed by atoms with Gasteiger partial charge in [0.05, 0.1) is 16.5 Å². The highest BCUT2D eigenvalue weighted by atomic mass is 19.2. The van der Waals surface area contributed by atoms with Gasteiger partial charge < -0.3 is 9.47 Å². The molecule has 4 rings (SSSR count). The van der Waals surface area contributed by atoms with E-state index >= 15 is 0 Å². The van der Waals surface area contributed by atoms with Crippen LogP contribution in [0.15, 0.2) is 72.8 Å². The largest absolute Gasteiger partial charge is 0.422 e. The van der Waals surface area contributed by atoms with Crippen LogP contribution < -0.4 is 9.47 Å². The van der Waals surface area contributed by atoms with E-state index in [1.807, 2.05) is 0 Å². The molecule has 0 heterocycles. The Kier molecular flexibility index (Phi) is 5.59. The van der Waals surface area contributed by atoms with Crippen molar-refractivity contribution in [3.05, 3.63) is 107 Å². The molecule has 0 aliphatic heterocycles. The molecule has 0 fully saturated rings. The fraction of sp³-hybridized carbons (Fsp3) is 0. The first-order valence-corrected chi connectivity index (χ1v) is 9.19. The monoisotopic (exact) mass is 440 g/mol. The maximum Gasteiger partial charge on any atom is 0.343 e. The summed E-state index contributed by atoms with van der Waals surface area (Å²) in [5.74, 6) is -6.58. The summed E-state index contributed by atoms with van der Waals surface area (Å²) in [5, 5.41) is 0.776. The van der Waals surface area contributed by atoms with E-state index in [1.54, 1.807) is 24.3 Å². The Labute approximate surface area is 178 Å². The molecule has 0 unspecified atom stereocenters. The van der Waals surface area contributed by atoms with E-state index in [-0.39, 0.29) is 28.0 Å². The normalized spacial score (nSPS) is 10.8. The minimum Gasteiger partial charge on any atom is -0.422 e. The Morgan fingerprint density at radius 3 is 1.41 bits per heavy atom. The fourth-order valence-electron chi connectivity index (χ4n) is 3.01. The second-order valence-electron chi connectivity index (χ2n) is 6.65. The van der Waals surface area contributed by atoms with Crippen molar-refractivity contribution in [2.45, 2.75) is 0 Å². The Hall–Kier alpha value is -4.20. The van der Waals surface area contributed by atoms with Crippen LogP contribution in [0.1, 0.15) is 20.7 Å². The van der Waals surface area contributed by atoms with Crippen molar-refractivity contribution in [2.75, 3.05) is 0 Å². The number of hydrogen-bond acceptors (Lipinski definition) is 4. The quantitative estimate of drug-likeness (QED) is 0.228. The van der Waals surface area contributed by atoms with E-state index in [2.05, 4.69) is 0 Å². The molecule has 0 saturated carbocycles. The standard InChI is InChI=1S/C24H12F4O4/c25-16-9-7-14(11-18(16)27)23(29)31-20-5-1-3-13-4-2-6-21(22(13)20)32-24(30)15-8-10-17(26)19(28)12-15/h1-12H. The van der Waals surface area contributed by atoms with Crippen molar-refractivity contribution in [1.29, 1.82) is 0 Å². The van der Waals surface area contributed by atoms with Crippen molar-refractivity contribution in [1.82, 2.24) is 0 Å². The zero-order valence-corrected chi connectivity index (χ0v) is 16.1. The van der Waals surface area contributed by atoms with E-state index < -0.39 is 35.2 Å². The molecule has 4 nitrogen and oxygen atoms in total. The van der Waals surface area contributed by atoms with Crippen molar-refractivity contribution in [3.63, 3.8) is 0 Å². The lowest BCUT2D eigenvalue weighted by molar-refractivity contribution is 0.0735. The molecular weight excluding hydrogens is 428 g/mol. The first-order chi connectivity index (χ1) is 15.3. The second kappa shape index (κ2) is 8.50. The lowest BCUT2D eigenvalue weighted by Crippen LogP contribution is -2.11. The van der Waals surface area contributed by atoms with Gasteiger partial charge in [0.15, 0.2) is 23.3 Å². The van der Waals surface area contributed by atoms with Gasteiger partial charge in [-0.1, -0.05) is 24.3 Å². The van der Waals surface area contributed by atoms with Gasteiger partial charge in [0, 0.05) is 0 Å². The van der Waals surface area contributed by atoms with Gasteiger partial charge in [-0.2, -0.15) is 0 Å². The van der Waals surface area contributed by atoms with Gasteiger partial charge in [-0.15, -0.1) is 0 Å². The molecule has 0 bridgehead atoms. The number of halogens is 4. The number of fused-ring (bicyclic) bond motifs is 1. The molecule has 4 aromatic rings. The first-order valence-electron chi connectivity index (χ1n) is 9.19. The van der Waals surface area contributed by atoms with Crippen LogP contribution in [-0.2, 0) is 0 Å². The number of carbonyl (C=O) groups is 2. The highest BCUT2D eigenvalue weighted by Gasteiger charge is 2.18. The number of carbonyl (C=O) groups excluding carboxylic acids is 2. The molecule has 0 aromatic heterocycles. The highest BCUT2D eigenvalue weighted by molar-refractivity contribution is 6.00. The topological polar surface area (TPSA) is 52.6 Å². The van der Waals surface area contributed by atoms with Gasteiger partial charge in [0.1, 0.15) is 11.5 Å². The molecule has 0 saturated heterocycles. The predicted molar refractivity (Wildman–Crippen MR) is 107 cm³/mol. The molecule has 0 aliphatic rings. The molecule has 8 heteroatoms. The van der Waals surface area contributed by atoms with Gasteiger partial charge in [-0.05, 0) is 53.9 Å². The summed E-state index contributed by atoms with van der Waals surface area (Å²) < 4.78 is 63.9. The number of esters is 2. The summed E-state index contributed by atoms with van der Waals surface area (Å²) in [7, 11) is 0. The predicted octanol–water partition coefficient (Wildman–Crippen LogP) is 5.83. The van der Waals surface area contributed by atoms with Gasteiger partial charge >= 0.3 is 11.9 Å². The summed E-state index contributed by atoms with van der Waals surface area (Å²) in [6, 6.07) is 14.5. The Morgan fingerprint density at radius 1 is 0.562 bits per heavy atom. The molecule has 0 atom stereocenters. The van der Waals surface area contributed by atoms with Crippen LogP contribution in [0.25, 0.3) is 10.8 Å². The summed E-state index contributed by atoms with van der Waals surface area (Å²) in [6.07, 6.45) is 0. The van der Waals surface area contributed by atoms with Crippen LogP contribution in [0.2, 0.25) is 0 Å². The van der Waals surface area contributed by atoms with Crippen molar-refractivity contribution < 1.29 is 36.6 Å². The Balaban J connectivity index is 1.68. The van der Waals surface area contributed by atoms with Crippen LogP contribution in [0.4, 0.5) is 17.6 Å². The summed E-state index contributed by atoms with van der Waals surface area (Å²) in [5.41, 5.74) is -0.450. The fourth-order valence-corrected chi connectivity index (χ4v) is 3.01. The molecule has 0 radical (unpaired) electrons. The lowest BCUT2D eigenvalue weighted by Gasteiger charge is -2.12. The minimum absolute atomic E-state index is 0.00841. The third-order valence-corrected chi connectivity index (χ3v) is 4.54. The van der Waals surface area contributed by atoms with Crippen molar-refractivity contribution in [2.24, 2.45) is 0 Å². The first kappa shape index (κ1) is 21.0. The maximum atomic E-state index is 13.5.